The number of aliphatic carboxylic acids is 1. The maximum absolute atomic E-state index is 10.7. The molecule has 0 saturated heterocycles. The van der Waals surface area contributed by atoms with Crippen LogP contribution in [0.1, 0.15) is 30.7 Å². The minimum absolute atomic E-state index is 0.132. The van der Waals surface area contributed by atoms with Crippen molar-refractivity contribution in [3.63, 3.8) is 0 Å². The normalized spacial score (nSPS) is 12.6. The Kier molecular flexibility index (Phi) is 6.39. The Labute approximate surface area is 108 Å². The summed E-state index contributed by atoms with van der Waals surface area (Å²) in [5, 5.41) is 8.80. The van der Waals surface area contributed by atoms with Crippen LogP contribution in [-0.4, -0.2) is 31.6 Å². The number of hydrogen-bond acceptors (Lipinski definition) is 3. The van der Waals surface area contributed by atoms with Crippen LogP contribution in [0.4, 0.5) is 0 Å². The van der Waals surface area contributed by atoms with Crippen molar-refractivity contribution in [1.29, 1.82) is 0 Å². The third-order valence-corrected chi connectivity index (χ3v) is 2.98. The first-order chi connectivity index (χ1) is 8.67. The van der Waals surface area contributed by atoms with Crippen LogP contribution in [0.15, 0.2) is 30.3 Å². The van der Waals surface area contributed by atoms with Crippen molar-refractivity contribution >= 4 is 5.97 Å². The number of carbonyl (C=O) groups is 1. The maximum atomic E-state index is 10.7. The quantitative estimate of drug-likeness (QED) is 0.723. The summed E-state index contributed by atoms with van der Waals surface area (Å²) < 4.78 is 10.4. The van der Waals surface area contributed by atoms with Crippen molar-refractivity contribution in [1.82, 2.24) is 0 Å². The SMILES string of the molecule is COC(CC(CCC(=O)O)c1ccccc1)OC. The number of hydrogen-bond donors (Lipinski definition) is 1. The molecule has 0 aliphatic carbocycles. The summed E-state index contributed by atoms with van der Waals surface area (Å²) in [6.45, 7) is 0. The van der Waals surface area contributed by atoms with Gasteiger partial charge < -0.3 is 14.6 Å². The fraction of sp³-hybridized carbons (Fsp3) is 0.500. The van der Waals surface area contributed by atoms with Crippen molar-refractivity contribution in [2.24, 2.45) is 0 Å². The molecule has 100 valence electrons. The van der Waals surface area contributed by atoms with Crippen LogP contribution in [0, 0.1) is 0 Å². The Balaban J connectivity index is 2.71. The molecule has 1 atom stereocenters. The third kappa shape index (κ3) is 4.85. The molecule has 0 bridgehead atoms. The van der Waals surface area contributed by atoms with Gasteiger partial charge in [-0.1, -0.05) is 30.3 Å². The molecule has 0 saturated carbocycles. The highest BCUT2D eigenvalue weighted by molar-refractivity contribution is 5.66. The predicted molar refractivity (Wildman–Crippen MR) is 68.5 cm³/mol. The number of methoxy groups -OCH3 is 2. The third-order valence-electron chi connectivity index (χ3n) is 2.98. The molecule has 0 spiro atoms. The van der Waals surface area contributed by atoms with Crippen LogP contribution in [0.2, 0.25) is 0 Å². The lowest BCUT2D eigenvalue weighted by Gasteiger charge is -2.21. The van der Waals surface area contributed by atoms with Crippen molar-refractivity contribution in [2.75, 3.05) is 14.2 Å². The Hall–Kier alpha value is -1.39. The molecule has 0 radical (unpaired) electrons. The van der Waals surface area contributed by atoms with E-state index in [4.69, 9.17) is 14.6 Å². The minimum atomic E-state index is -0.776. The highest BCUT2D eigenvalue weighted by Crippen LogP contribution is 2.27. The van der Waals surface area contributed by atoms with Gasteiger partial charge in [0.2, 0.25) is 0 Å². The van der Waals surface area contributed by atoms with E-state index < -0.39 is 5.97 Å². The van der Waals surface area contributed by atoms with Gasteiger partial charge in [0.1, 0.15) is 0 Å². The van der Waals surface area contributed by atoms with Crippen LogP contribution in [0.5, 0.6) is 0 Å². The van der Waals surface area contributed by atoms with Crippen molar-refractivity contribution in [3.05, 3.63) is 35.9 Å². The van der Waals surface area contributed by atoms with E-state index in [1.54, 1.807) is 14.2 Å². The molecule has 1 aromatic rings. The smallest absolute Gasteiger partial charge is 0.303 e. The lowest BCUT2D eigenvalue weighted by atomic mass is 9.91. The van der Waals surface area contributed by atoms with Gasteiger partial charge in [-0.05, 0) is 17.9 Å². The van der Waals surface area contributed by atoms with E-state index in [0.717, 1.165) is 5.56 Å². The number of rotatable bonds is 8. The summed E-state index contributed by atoms with van der Waals surface area (Å²) in [5.74, 6) is -0.644. The molecule has 0 aliphatic rings. The van der Waals surface area contributed by atoms with Gasteiger partial charge in [0.15, 0.2) is 6.29 Å². The predicted octanol–water partition coefficient (Wildman–Crippen LogP) is 2.64. The van der Waals surface area contributed by atoms with E-state index in [1.165, 1.54) is 0 Å². The standard InChI is InChI=1S/C14H20O4/c1-17-14(18-2)10-12(8-9-13(15)16)11-6-4-3-5-7-11/h3-7,12,14H,8-10H2,1-2H3,(H,15,16). The molecule has 4 nitrogen and oxygen atoms in total. The van der Waals surface area contributed by atoms with Gasteiger partial charge in [-0.15, -0.1) is 0 Å². The first-order valence-electron chi connectivity index (χ1n) is 5.99. The molecule has 1 unspecified atom stereocenters. The molecule has 0 aromatic heterocycles. The highest BCUT2D eigenvalue weighted by Gasteiger charge is 2.18. The Morgan fingerprint density at radius 2 is 1.83 bits per heavy atom. The molecule has 0 heterocycles. The Morgan fingerprint density at radius 3 is 2.33 bits per heavy atom. The lowest BCUT2D eigenvalue weighted by Crippen LogP contribution is -2.18. The van der Waals surface area contributed by atoms with Crippen molar-refractivity contribution in [2.45, 2.75) is 31.5 Å². The number of carboxylic acids is 1. The van der Waals surface area contributed by atoms with Crippen LogP contribution in [0.25, 0.3) is 0 Å². The molecule has 4 heteroatoms. The van der Waals surface area contributed by atoms with E-state index in [0.29, 0.717) is 12.8 Å². The summed E-state index contributed by atoms with van der Waals surface area (Å²) >= 11 is 0. The van der Waals surface area contributed by atoms with Gasteiger partial charge in [-0.3, -0.25) is 4.79 Å². The largest absolute Gasteiger partial charge is 0.481 e. The van der Waals surface area contributed by atoms with Gasteiger partial charge in [-0.25, -0.2) is 0 Å². The molecular weight excluding hydrogens is 232 g/mol. The van der Waals surface area contributed by atoms with Gasteiger partial charge in [0, 0.05) is 27.1 Å². The molecule has 1 N–H and O–H groups in total. The zero-order chi connectivity index (χ0) is 13.4. The summed E-state index contributed by atoms with van der Waals surface area (Å²) in [6, 6.07) is 9.88. The van der Waals surface area contributed by atoms with E-state index in [1.807, 2.05) is 30.3 Å². The fourth-order valence-electron chi connectivity index (χ4n) is 1.96. The first kappa shape index (κ1) is 14.7. The molecule has 1 rings (SSSR count). The van der Waals surface area contributed by atoms with E-state index in [-0.39, 0.29) is 18.6 Å². The van der Waals surface area contributed by atoms with Crippen molar-refractivity contribution in [3.8, 4) is 0 Å². The number of carboxylic acid groups (broad SMARTS) is 1. The molecule has 0 aliphatic heterocycles. The number of benzene rings is 1. The molecule has 1 aromatic carbocycles. The van der Waals surface area contributed by atoms with E-state index in [9.17, 15) is 4.79 Å². The Morgan fingerprint density at radius 1 is 1.22 bits per heavy atom. The van der Waals surface area contributed by atoms with E-state index in [2.05, 4.69) is 0 Å². The molecule has 0 fully saturated rings. The Bertz CT molecular complexity index is 346. The highest BCUT2D eigenvalue weighted by atomic mass is 16.7. The van der Waals surface area contributed by atoms with Gasteiger partial charge >= 0.3 is 5.97 Å². The second kappa shape index (κ2) is 7.84. The van der Waals surface area contributed by atoms with Crippen LogP contribution in [0.3, 0.4) is 0 Å². The molecular formula is C14H20O4. The van der Waals surface area contributed by atoms with Crippen LogP contribution >= 0.6 is 0 Å². The van der Waals surface area contributed by atoms with Gasteiger partial charge in [0.05, 0.1) is 0 Å². The lowest BCUT2D eigenvalue weighted by molar-refractivity contribution is -0.137. The summed E-state index contributed by atoms with van der Waals surface area (Å²) in [7, 11) is 3.18. The fourth-order valence-corrected chi connectivity index (χ4v) is 1.96. The zero-order valence-electron chi connectivity index (χ0n) is 10.8. The molecule has 0 amide bonds. The maximum Gasteiger partial charge on any atom is 0.303 e. The first-order valence-corrected chi connectivity index (χ1v) is 5.99. The van der Waals surface area contributed by atoms with Crippen molar-refractivity contribution < 1.29 is 19.4 Å². The summed E-state index contributed by atoms with van der Waals surface area (Å²) in [6.07, 6.45) is 1.09. The van der Waals surface area contributed by atoms with Gasteiger partial charge in [-0.2, -0.15) is 0 Å². The summed E-state index contributed by atoms with van der Waals surface area (Å²) in [4.78, 5) is 10.7. The monoisotopic (exact) mass is 252 g/mol. The second-order valence-corrected chi connectivity index (χ2v) is 4.18. The summed E-state index contributed by atoms with van der Waals surface area (Å²) in [5.41, 5.74) is 1.12. The average molecular weight is 252 g/mol. The van der Waals surface area contributed by atoms with Gasteiger partial charge in [0.25, 0.3) is 0 Å². The topological polar surface area (TPSA) is 55.8 Å². The van der Waals surface area contributed by atoms with E-state index >= 15 is 0 Å². The number of ether oxygens (including phenoxy) is 2. The average Bonchev–Trinajstić information content (AvgIpc) is 2.40. The zero-order valence-corrected chi connectivity index (χ0v) is 10.8. The van der Waals surface area contributed by atoms with Crippen LogP contribution in [-0.2, 0) is 14.3 Å². The molecule has 18 heavy (non-hydrogen) atoms. The second-order valence-electron chi connectivity index (χ2n) is 4.18. The van der Waals surface area contributed by atoms with Crippen LogP contribution < -0.4 is 0 Å². The minimum Gasteiger partial charge on any atom is -0.481 e.